The van der Waals surface area contributed by atoms with E-state index in [1.807, 2.05) is 35.7 Å². The number of halogens is 1. The molecule has 1 N–H and O–H groups in total. The fourth-order valence-corrected chi connectivity index (χ4v) is 5.31. The molecule has 1 aromatic heterocycles. The maximum Gasteiger partial charge on any atom is 0.304 e. The van der Waals surface area contributed by atoms with Crippen molar-refractivity contribution in [3.63, 3.8) is 0 Å². The Morgan fingerprint density at radius 3 is 2.76 bits per heavy atom. The third-order valence-electron chi connectivity index (χ3n) is 5.99. The summed E-state index contributed by atoms with van der Waals surface area (Å²) in [6.07, 6.45) is 8.05. The maximum atomic E-state index is 13.5. The van der Waals surface area contributed by atoms with Gasteiger partial charge >= 0.3 is 5.97 Å². The highest BCUT2D eigenvalue weighted by molar-refractivity contribution is 7.14. The van der Waals surface area contributed by atoms with E-state index in [1.165, 1.54) is 11.3 Å². The molecule has 4 rings (SSSR count). The number of amides is 1. The van der Waals surface area contributed by atoms with Gasteiger partial charge in [0.25, 0.3) is 0 Å². The smallest absolute Gasteiger partial charge is 0.304 e. The van der Waals surface area contributed by atoms with E-state index in [0.717, 1.165) is 36.9 Å². The normalized spacial score (nSPS) is 22.8. The number of aromatic nitrogens is 1. The van der Waals surface area contributed by atoms with E-state index in [2.05, 4.69) is 11.1 Å². The molecular weight excluding hydrogens is 408 g/mol. The first kappa shape index (κ1) is 20.1. The van der Waals surface area contributed by atoms with Crippen LogP contribution in [0.15, 0.2) is 41.8 Å². The van der Waals surface area contributed by atoms with Crippen molar-refractivity contribution in [3.05, 3.63) is 46.8 Å². The standard InChI is InChI=1S/C22H23ClN2O3S/c23-18-10-2-1-9-16(18)19-13-29-22(24-19)25-11-4-3-8-15(14-6-5-7-14)17(21(25)28)12-20(26)27/h1-4,9-10,13-15,17H,5-8,11-12H2,(H,26,27). The molecule has 1 amide bonds. The van der Waals surface area contributed by atoms with Crippen molar-refractivity contribution >= 4 is 39.9 Å². The molecule has 0 saturated heterocycles. The van der Waals surface area contributed by atoms with E-state index < -0.39 is 11.9 Å². The SMILES string of the molecule is O=C(O)CC1C(=O)N(c2nc(-c3ccccc3Cl)cs2)CC=CCC1C1CCC1. The van der Waals surface area contributed by atoms with Crippen LogP contribution in [0.2, 0.25) is 5.02 Å². The van der Waals surface area contributed by atoms with E-state index in [4.69, 9.17) is 11.6 Å². The van der Waals surface area contributed by atoms with E-state index >= 15 is 0 Å². The van der Waals surface area contributed by atoms with Gasteiger partial charge in [-0.2, -0.15) is 0 Å². The first-order valence-electron chi connectivity index (χ1n) is 9.93. The molecule has 2 unspecified atom stereocenters. The zero-order valence-electron chi connectivity index (χ0n) is 16.0. The number of carbonyl (C=O) groups is 2. The molecular formula is C22H23ClN2O3S. The number of allylic oxidation sites excluding steroid dienone is 1. The average molecular weight is 431 g/mol. The maximum absolute atomic E-state index is 13.5. The summed E-state index contributed by atoms with van der Waals surface area (Å²) in [6, 6.07) is 7.47. The first-order chi connectivity index (χ1) is 14.0. The van der Waals surface area contributed by atoms with Crippen molar-refractivity contribution in [2.45, 2.75) is 32.1 Å². The van der Waals surface area contributed by atoms with Crippen LogP contribution in [0.3, 0.4) is 0 Å². The lowest BCUT2D eigenvalue weighted by Crippen LogP contribution is -2.44. The minimum Gasteiger partial charge on any atom is -0.481 e. The predicted octanol–water partition coefficient (Wildman–Crippen LogP) is 5.26. The summed E-state index contributed by atoms with van der Waals surface area (Å²) in [5.41, 5.74) is 1.54. The number of rotatable bonds is 5. The van der Waals surface area contributed by atoms with Crippen LogP contribution in [0.5, 0.6) is 0 Å². The number of carboxylic acid groups (broad SMARTS) is 1. The molecule has 0 spiro atoms. The molecule has 0 bridgehead atoms. The number of anilines is 1. The third kappa shape index (κ3) is 4.23. The number of aliphatic carboxylic acids is 1. The molecule has 0 radical (unpaired) electrons. The lowest BCUT2D eigenvalue weighted by atomic mass is 9.67. The van der Waals surface area contributed by atoms with Crippen LogP contribution in [0.1, 0.15) is 32.1 Å². The highest BCUT2D eigenvalue weighted by atomic mass is 35.5. The number of carboxylic acids is 1. The van der Waals surface area contributed by atoms with Crippen molar-refractivity contribution in [2.24, 2.45) is 17.8 Å². The molecule has 2 aromatic rings. The first-order valence-corrected chi connectivity index (χ1v) is 11.2. The summed E-state index contributed by atoms with van der Waals surface area (Å²) >= 11 is 7.68. The van der Waals surface area contributed by atoms with Crippen molar-refractivity contribution in [1.29, 1.82) is 0 Å². The van der Waals surface area contributed by atoms with Gasteiger partial charge in [0, 0.05) is 22.5 Å². The molecule has 152 valence electrons. The van der Waals surface area contributed by atoms with Crippen LogP contribution < -0.4 is 4.90 Å². The highest BCUT2D eigenvalue weighted by Gasteiger charge is 2.40. The summed E-state index contributed by atoms with van der Waals surface area (Å²) < 4.78 is 0. The topological polar surface area (TPSA) is 70.5 Å². The van der Waals surface area contributed by atoms with Crippen LogP contribution in [0.4, 0.5) is 5.13 Å². The third-order valence-corrected chi connectivity index (χ3v) is 7.18. The molecule has 29 heavy (non-hydrogen) atoms. The van der Waals surface area contributed by atoms with Gasteiger partial charge < -0.3 is 5.11 Å². The van der Waals surface area contributed by atoms with Crippen molar-refractivity contribution < 1.29 is 14.7 Å². The largest absolute Gasteiger partial charge is 0.481 e. The Hall–Kier alpha value is -2.18. The fraction of sp³-hybridized carbons (Fsp3) is 0.409. The summed E-state index contributed by atoms with van der Waals surface area (Å²) in [6.45, 7) is 0.405. The molecule has 2 aliphatic rings. The number of benzene rings is 1. The zero-order chi connectivity index (χ0) is 20.4. The average Bonchev–Trinajstić information content (AvgIpc) is 3.12. The summed E-state index contributed by atoms with van der Waals surface area (Å²) in [4.78, 5) is 31.3. The second-order valence-corrected chi connectivity index (χ2v) is 8.95. The Morgan fingerprint density at radius 2 is 2.07 bits per heavy atom. The number of thiazole rings is 1. The number of hydrogen-bond donors (Lipinski definition) is 1. The molecule has 1 fully saturated rings. The number of carbonyl (C=O) groups excluding carboxylic acids is 1. The Balaban J connectivity index is 1.65. The van der Waals surface area contributed by atoms with Crippen LogP contribution in [0, 0.1) is 17.8 Å². The molecule has 2 atom stereocenters. The van der Waals surface area contributed by atoms with Gasteiger partial charge in [-0.25, -0.2) is 4.98 Å². The van der Waals surface area contributed by atoms with Gasteiger partial charge in [-0.05, 0) is 24.3 Å². The quantitative estimate of drug-likeness (QED) is 0.656. The minimum atomic E-state index is -0.923. The van der Waals surface area contributed by atoms with Gasteiger partial charge in [-0.15, -0.1) is 11.3 Å². The van der Waals surface area contributed by atoms with Gasteiger partial charge in [-0.3, -0.25) is 14.5 Å². The molecule has 1 aliphatic carbocycles. The van der Waals surface area contributed by atoms with E-state index in [0.29, 0.717) is 22.6 Å². The Morgan fingerprint density at radius 1 is 1.28 bits per heavy atom. The van der Waals surface area contributed by atoms with Crippen molar-refractivity contribution in [1.82, 2.24) is 4.98 Å². The second kappa shape index (κ2) is 8.67. The number of hydrogen-bond acceptors (Lipinski definition) is 4. The van der Waals surface area contributed by atoms with Gasteiger partial charge in [0.2, 0.25) is 5.91 Å². The summed E-state index contributed by atoms with van der Waals surface area (Å²) in [7, 11) is 0. The van der Waals surface area contributed by atoms with Crippen LogP contribution in [-0.2, 0) is 9.59 Å². The lowest BCUT2D eigenvalue weighted by Gasteiger charge is -2.39. The van der Waals surface area contributed by atoms with Gasteiger partial charge in [-0.1, -0.05) is 61.2 Å². The van der Waals surface area contributed by atoms with Crippen LogP contribution in [0.25, 0.3) is 11.3 Å². The summed E-state index contributed by atoms with van der Waals surface area (Å²) in [5.74, 6) is -1.06. The van der Waals surface area contributed by atoms with Crippen molar-refractivity contribution in [3.8, 4) is 11.3 Å². The second-order valence-electron chi connectivity index (χ2n) is 7.71. The zero-order valence-corrected chi connectivity index (χ0v) is 17.5. The summed E-state index contributed by atoms with van der Waals surface area (Å²) in [5, 5.41) is 12.5. The number of nitrogens with zero attached hydrogens (tertiary/aromatic N) is 2. The molecule has 1 saturated carbocycles. The highest BCUT2D eigenvalue weighted by Crippen LogP contribution is 2.42. The molecule has 1 aliphatic heterocycles. The lowest BCUT2D eigenvalue weighted by molar-refractivity contribution is -0.142. The van der Waals surface area contributed by atoms with E-state index in [9.17, 15) is 14.7 Å². The van der Waals surface area contributed by atoms with Crippen molar-refractivity contribution in [2.75, 3.05) is 11.4 Å². The Bertz CT molecular complexity index is 938. The van der Waals surface area contributed by atoms with E-state index in [1.54, 1.807) is 4.90 Å². The van der Waals surface area contributed by atoms with Crippen LogP contribution >= 0.6 is 22.9 Å². The minimum absolute atomic E-state index is 0.0781. The van der Waals surface area contributed by atoms with Gasteiger partial charge in [0.1, 0.15) is 0 Å². The van der Waals surface area contributed by atoms with Gasteiger partial charge in [0.05, 0.1) is 18.0 Å². The molecule has 2 heterocycles. The monoisotopic (exact) mass is 430 g/mol. The van der Waals surface area contributed by atoms with Gasteiger partial charge in [0.15, 0.2) is 5.13 Å². The molecule has 7 heteroatoms. The predicted molar refractivity (Wildman–Crippen MR) is 115 cm³/mol. The van der Waals surface area contributed by atoms with E-state index in [-0.39, 0.29) is 18.2 Å². The molecule has 5 nitrogen and oxygen atoms in total. The Labute approximate surface area is 179 Å². The molecule has 1 aromatic carbocycles. The Kier molecular flexibility index (Phi) is 6.01. The fourth-order valence-electron chi connectivity index (χ4n) is 4.24. The van der Waals surface area contributed by atoms with Crippen LogP contribution in [-0.4, -0.2) is 28.5 Å².